The number of hydrogen-bond acceptors (Lipinski definition) is 8. The van der Waals surface area contributed by atoms with Crippen LogP contribution in [0.25, 0.3) is 28.2 Å². The molecule has 4 aromatic rings. The van der Waals surface area contributed by atoms with Crippen molar-refractivity contribution in [1.82, 2.24) is 15.1 Å². The first-order chi connectivity index (χ1) is 21.4. The number of rotatable bonds is 8. The molecule has 226 valence electrons. The zero-order valence-corrected chi connectivity index (χ0v) is 25.4. The number of nitrogens with zero attached hydrogens (tertiary/aromatic N) is 4. The Hall–Kier alpha value is -3.66. The maximum absolute atomic E-state index is 11.7. The molecule has 0 amide bonds. The van der Waals surface area contributed by atoms with E-state index in [1.54, 1.807) is 12.4 Å². The van der Waals surface area contributed by atoms with Crippen molar-refractivity contribution in [3.05, 3.63) is 69.8 Å². The number of aromatic carboxylic acids is 1. The lowest BCUT2D eigenvalue weighted by Gasteiger charge is -2.32. The number of anilines is 1. The van der Waals surface area contributed by atoms with Gasteiger partial charge in [0.25, 0.3) is 0 Å². The fourth-order valence-corrected chi connectivity index (χ4v) is 7.27. The lowest BCUT2D eigenvalue weighted by Crippen LogP contribution is -2.34. The van der Waals surface area contributed by atoms with Crippen LogP contribution in [0.3, 0.4) is 0 Å². The molecule has 9 nitrogen and oxygen atoms in total. The van der Waals surface area contributed by atoms with Crippen LogP contribution in [0, 0.1) is 11.3 Å². The number of halogens is 2. The normalized spacial score (nSPS) is 24.6. The van der Waals surface area contributed by atoms with Crippen LogP contribution in [0.15, 0.2) is 47.3 Å². The minimum Gasteiger partial charge on any atom is -0.487 e. The summed E-state index contributed by atoms with van der Waals surface area (Å²) in [5.74, 6) is 1.27. The van der Waals surface area contributed by atoms with Crippen molar-refractivity contribution in [3.63, 3.8) is 0 Å². The molecular formula is C33H30Cl2N4O5. The summed E-state index contributed by atoms with van der Waals surface area (Å²) in [6, 6.07) is 7.53. The van der Waals surface area contributed by atoms with Gasteiger partial charge in [0.1, 0.15) is 23.3 Å². The van der Waals surface area contributed by atoms with Gasteiger partial charge in [0.2, 0.25) is 0 Å². The van der Waals surface area contributed by atoms with E-state index in [4.69, 9.17) is 37.2 Å². The van der Waals surface area contributed by atoms with Gasteiger partial charge in [-0.1, -0.05) is 40.5 Å². The van der Waals surface area contributed by atoms with Crippen LogP contribution in [-0.2, 0) is 4.74 Å². The van der Waals surface area contributed by atoms with E-state index < -0.39 is 5.97 Å². The maximum atomic E-state index is 11.7. The first-order valence-electron chi connectivity index (χ1n) is 15.0. The second-order valence-corrected chi connectivity index (χ2v) is 13.2. The molecule has 4 aliphatic rings. The summed E-state index contributed by atoms with van der Waals surface area (Å²) >= 11 is 13.0. The van der Waals surface area contributed by atoms with Crippen LogP contribution in [0.5, 0.6) is 5.75 Å². The van der Waals surface area contributed by atoms with E-state index in [1.165, 1.54) is 6.07 Å². The van der Waals surface area contributed by atoms with Gasteiger partial charge in [-0.05, 0) is 55.2 Å². The van der Waals surface area contributed by atoms with Crippen molar-refractivity contribution in [2.75, 3.05) is 31.2 Å². The highest BCUT2D eigenvalue weighted by Gasteiger charge is 2.54. The lowest BCUT2D eigenvalue weighted by atomic mass is 9.92. The second kappa shape index (κ2) is 10.8. The summed E-state index contributed by atoms with van der Waals surface area (Å²) in [6.07, 6.45) is 12.7. The first-order valence-corrected chi connectivity index (χ1v) is 15.8. The molecular weight excluding hydrogens is 603 g/mol. The molecule has 5 heterocycles. The molecule has 4 fully saturated rings. The predicted molar refractivity (Wildman–Crippen MR) is 167 cm³/mol. The molecule has 3 aromatic heterocycles. The predicted octanol–water partition coefficient (Wildman–Crippen LogP) is 7.26. The highest BCUT2D eigenvalue weighted by Crippen LogP contribution is 2.60. The minimum atomic E-state index is -1.08. The van der Waals surface area contributed by atoms with E-state index in [9.17, 15) is 9.90 Å². The van der Waals surface area contributed by atoms with Gasteiger partial charge >= 0.3 is 5.97 Å². The zero-order chi connectivity index (χ0) is 30.0. The standard InChI is InChI=1S/C33H30Cl2N4O5/c34-24-14-36-15-25(35)29(24)30-22(31(44-38-30)18-1-2-18)5-7-33-8-9-39(16-19(33)13-33)20-3-4-26-23(11-20)28(12-27(37-26)32(40)41)43-21-6-10-42-17-21/h3-5,7,11-12,14-15,18-19,21H,1-2,6,8-10,13,16-17H2,(H,40,41)/b7-5+/t19?,21-,33?/m0/s1. The molecule has 0 radical (unpaired) electrons. The third-order valence-corrected chi connectivity index (χ3v) is 10.0. The SMILES string of the molecule is O=C(O)c1cc(O[C@H]2CCOC2)c2cc(N3CCC4(/C=C/c5c(-c6c(Cl)cncc6Cl)noc5C5CC5)CC4C3)ccc2n1. The van der Waals surface area contributed by atoms with E-state index in [0.717, 1.165) is 67.6 Å². The molecule has 2 aliphatic heterocycles. The Morgan fingerprint density at radius 2 is 2.00 bits per heavy atom. The minimum absolute atomic E-state index is 0.0269. The van der Waals surface area contributed by atoms with Crippen LogP contribution >= 0.6 is 23.2 Å². The quantitative estimate of drug-likeness (QED) is 0.214. The number of carboxylic acids is 1. The van der Waals surface area contributed by atoms with Gasteiger partial charge in [0, 0.05) is 66.1 Å². The number of pyridine rings is 2. The molecule has 2 saturated carbocycles. The van der Waals surface area contributed by atoms with Crippen molar-refractivity contribution >= 4 is 51.8 Å². The van der Waals surface area contributed by atoms with Crippen LogP contribution < -0.4 is 9.64 Å². The summed E-state index contributed by atoms with van der Waals surface area (Å²) in [5, 5.41) is 15.7. The molecule has 3 atom stereocenters. The van der Waals surface area contributed by atoms with Gasteiger partial charge in [-0.3, -0.25) is 4.98 Å². The van der Waals surface area contributed by atoms with E-state index in [2.05, 4.69) is 38.2 Å². The first kappa shape index (κ1) is 27.9. The Balaban J connectivity index is 1.04. The maximum Gasteiger partial charge on any atom is 0.354 e. The average Bonchev–Trinajstić information content (AvgIpc) is 3.89. The fraction of sp³-hybridized carbons (Fsp3) is 0.394. The number of carbonyl (C=O) groups is 1. The summed E-state index contributed by atoms with van der Waals surface area (Å²) in [4.78, 5) is 22.6. The number of allylic oxidation sites excluding steroid dienone is 1. The van der Waals surface area contributed by atoms with Crippen LogP contribution in [0.2, 0.25) is 10.0 Å². The lowest BCUT2D eigenvalue weighted by molar-refractivity contribution is 0.0690. The van der Waals surface area contributed by atoms with E-state index in [0.29, 0.717) is 57.6 Å². The summed E-state index contributed by atoms with van der Waals surface area (Å²) in [7, 11) is 0. The number of benzene rings is 1. The van der Waals surface area contributed by atoms with Crippen molar-refractivity contribution in [2.45, 2.75) is 44.1 Å². The van der Waals surface area contributed by atoms with Gasteiger partial charge in [-0.15, -0.1) is 0 Å². The fourth-order valence-electron chi connectivity index (χ4n) is 6.72. The Labute approximate surface area is 263 Å². The number of fused-ring (bicyclic) bond motifs is 2. The van der Waals surface area contributed by atoms with E-state index >= 15 is 0 Å². The third kappa shape index (κ3) is 5.01. The third-order valence-electron chi connectivity index (χ3n) is 9.46. The van der Waals surface area contributed by atoms with Crippen LogP contribution in [0.4, 0.5) is 5.69 Å². The Morgan fingerprint density at radius 1 is 1.16 bits per heavy atom. The van der Waals surface area contributed by atoms with Crippen LogP contribution in [-0.4, -0.2) is 58.6 Å². The summed E-state index contributed by atoms with van der Waals surface area (Å²) < 4.78 is 17.6. The molecule has 0 bridgehead atoms. The molecule has 2 unspecified atom stereocenters. The number of aromatic nitrogens is 3. The van der Waals surface area contributed by atoms with Gasteiger partial charge in [-0.2, -0.15) is 0 Å². The van der Waals surface area contributed by atoms with Gasteiger partial charge in [-0.25, -0.2) is 9.78 Å². The zero-order valence-electron chi connectivity index (χ0n) is 23.8. The average molecular weight is 634 g/mol. The number of carboxylic acid groups (broad SMARTS) is 1. The Kier molecular flexibility index (Phi) is 6.81. The van der Waals surface area contributed by atoms with E-state index in [1.807, 2.05) is 12.1 Å². The Morgan fingerprint density at radius 3 is 2.73 bits per heavy atom. The highest BCUT2D eigenvalue weighted by molar-refractivity contribution is 6.39. The summed E-state index contributed by atoms with van der Waals surface area (Å²) in [5.41, 5.74) is 4.08. The number of ether oxygens (including phenoxy) is 2. The van der Waals surface area contributed by atoms with Crippen LogP contribution in [0.1, 0.15) is 59.8 Å². The van der Waals surface area contributed by atoms with Crippen molar-refractivity contribution in [2.24, 2.45) is 11.3 Å². The van der Waals surface area contributed by atoms with Crippen molar-refractivity contribution < 1.29 is 23.9 Å². The second-order valence-electron chi connectivity index (χ2n) is 12.3. The molecule has 1 aromatic carbocycles. The molecule has 8 rings (SSSR count). The van der Waals surface area contributed by atoms with E-state index in [-0.39, 0.29) is 17.2 Å². The monoisotopic (exact) mass is 632 g/mol. The summed E-state index contributed by atoms with van der Waals surface area (Å²) in [6.45, 7) is 2.96. The molecule has 11 heteroatoms. The number of hydrogen-bond donors (Lipinski definition) is 1. The van der Waals surface area contributed by atoms with Crippen molar-refractivity contribution in [3.8, 4) is 17.0 Å². The Bertz CT molecular complexity index is 1800. The smallest absolute Gasteiger partial charge is 0.354 e. The van der Waals surface area contributed by atoms with Gasteiger partial charge < -0.3 is 24.0 Å². The molecule has 44 heavy (non-hydrogen) atoms. The topological polar surface area (TPSA) is 111 Å². The van der Waals surface area contributed by atoms with Gasteiger partial charge in [0.15, 0.2) is 5.69 Å². The molecule has 2 aliphatic carbocycles. The van der Waals surface area contributed by atoms with Gasteiger partial charge in [0.05, 0.1) is 28.8 Å². The largest absolute Gasteiger partial charge is 0.487 e. The molecule has 2 saturated heterocycles. The number of piperidine rings is 1. The molecule has 0 spiro atoms. The molecule has 1 N–H and O–H groups in total. The van der Waals surface area contributed by atoms with Crippen molar-refractivity contribution in [1.29, 1.82) is 0 Å². The highest BCUT2D eigenvalue weighted by atomic mass is 35.5.